The molecule has 0 saturated heterocycles. The number of halogens is 1. The molecule has 2 N–H and O–H groups in total. The number of phenols is 1. The van der Waals surface area contributed by atoms with Crippen LogP contribution >= 0.6 is 0 Å². The van der Waals surface area contributed by atoms with Crippen LogP contribution in [0.4, 0.5) is 10.1 Å². The van der Waals surface area contributed by atoms with Gasteiger partial charge in [-0.1, -0.05) is 26.0 Å². The molecule has 2 aromatic rings. The number of hydrogen-bond donors (Lipinski definition) is 2. The molecule has 0 atom stereocenters. The molecule has 0 aliphatic rings. The van der Waals surface area contributed by atoms with E-state index in [0.717, 1.165) is 23.8 Å². The van der Waals surface area contributed by atoms with Gasteiger partial charge in [-0.15, -0.1) is 0 Å². The summed E-state index contributed by atoms with van der Waals surface area (Å²) in [5.74, 6) is -0.947. The molecule has 2 rings (SSSR count). The first kappa shape index (κ1) is 14.1. The van der Waals surface area contributed by atoms with Gasteiger partial charge in [-0.2, -0.15) is 0 Å². The highest BCUT2D eigenvalue weighted by molar-refractivity contribution is 6.06. The maximum absolute atomic E-state index is 13.1. The third kappa shape index (κ3) is 3.15. The summed E-state index contributed by atoms with van der Waals surface area (Å²) in [6.07, 6.45) is 0. The summed E-state index contributed by atoms with van der Waals surface area (Å²) in [4.78, 5) is 12.0. The first-order chi connectivity index (χ1) is 9.47. The second kappa shape index (κ2) is 5.74. The van der Waals surface area contributed by atoms with Gasteiger partial charge in [0.25, 0.3) is 5.91 Å². The van der Waals surface area contributed by atoms with Crippen molar-refractivity contribution in [3.63, 3.8) is 0 Å². The number of phenolic OH excluding ortho intramolecular Hbond substituents is 1. The molecule has 0 fully saturated rings. The van der Waals surface area contributed by atoms with Crippen LogP contribution in [-0.2, 0) is 0 Å². The standard InChI is InChI=1S/C16H16FNO2/c1-10(2)11-3-6-13(7-4-11)18-16(20)14-9-12(17)5-8-15(14)19/h3-10,19H,1-2H3,(H,18,20). The smallest absolute Gasteiger partial charge is 0.259 e. The lowest BCUT2D eigenvalue weighted by Crippen LogP contribution is -2.12. The Kier molecular flexibility index (Phi) is 4.03. The van der Waals surface area contributed by atoms with Crippen LogP contribution in [0.15, 0.2) is 42.5 Å². The number of anilines is 1. The van der Waals surface area contributed by atoms with Crippen LogP contribution in [0.25, 0.3) is 0 Å². The largest absolute Gasteiger partial charge is 0.507 e. The van der Waals surface area contributed by atoms with E-state index in [4.69, 9.17) is 0 Å². The van der Waals surface area contributed by atoms with Crippen LogP contribution in [0.5, 0.6) is 5.75 Å². The number of benzene rings is 2. The summed E-state index contributed by atoms with van der Waals surface area (Å²) in [6.45, 7) is 4.16. The molecule has 0 radical (unpaired) electrons. The summed E-state index contributed by atoms with van der Waals surface area (Å²) in [7, 11) is 0. The third-order valence-electron chi connectivity index (χ3n) is 3.04. The van der Waals surface area contributed by atoms with Gasteiger partial charge in [0, 0.05) is 5.69 Å². The van der Waals surface area contributed by atoms with Crippen molar-refractivity contribution in [2.75, 3.05) is 5.32 Å². The Hall–Kier alpha value is -2.36. The van der Waals surface area contributed by atoms with Gasteiger partial charge in [0.2, 0.25) is 0 Å². The van der Waals surface area contributed by atoms with Crippen molar-refractivity contribution >= 4 is 11.6 Å². The quantitative estimate of drug-likeness (QED) is 0.890. The fourth-order valence-electron chi connectivity index (χ4n) is 1.84. The van der Waals surface area contributed by atoms with Crippen LogP contribution in [-0.4, -0.2) is 11.0 Å². The Bertz CT molecular complexity index is 621. The molecule has 0 spiro atoms. The number of nitrogens with one attached hydrogen (secondary N) is 1. The maximum Gasteiger partial charge on any atom is 0.259 e. The van der Waals surface area contributed by atoms with Crippen LogP contribution < -0.4 is 5.32 Å². The zero-order valence-corrected chi connectivity index (χ0v) is 11.4. The molecular weight excluding hydrogens is 257 g/mol. The van der Waals surface area contributed by atoms with E-state index in [1.807, 2.05) is 12.1 Å². The zero-order chi connectivity index (χ0) is 14.7. The van der Waals surface area contributed by atoms with Gasteiger partial charge in [0.05, 0.1) is 5.56 Å². The summed E-state index contributed by atoms with van der Waals surface area (Å²) >= 11 is 0. The monoisotopic (exact) mass is 273 g/mol. The normalized spacial score (nSPS) is 10.6. The van der Waals surface area contributed by atoms with E-state index in [2.05, 4.69) is 19.2 Å². The van der Waals surface area contributed by atoms with Gasteiger partial charge in [0.1, 0.15) is 11.6 Å². The number of amides is 1. The van der Waals surface area contributed by atoms with E-state index in [0.29, 0.717) is 11.6 Å². The van der Waals surface area contributed by atoms with Crippen LogP contribution in [0, 0.1) is 5.82 Å². The summed E-state index contributed by atoms with van der Waals surface area (Å²) in [5, 5.41) is 12.2. The molecular formula is C16H16FNO2. The van der Waals surface area contributed by atoms with Gasteiger partial charge in [0.15, 0.2) is 0 Å². The number of hydrogen-bond acceptors (Lipinski definition) is 2. The summed E-state index contributed by atoms with van der Waals surface area (Å²) < 4.78 is 13.1. The molecule has 0 aromatic heterocycles. The average Bonchev–Trinajstić information content (AvgIpc) is 2.42. The number of aromatic hydroxyl groups is 1. The topological polar surface area (TPSA) is 49.3 Å². The first-order valence-corrected chi connectivity index (χ1v) is 6.37. The molecule has 0 saturated carbocycles. The summed E-state index contributed by atoms with van der Waals surface area (Å²) in [6, 6.07) is 10.7. The number of rotatable bonds is 3. The predicted octanol–water partition coefficient (Wildman–Crippen LogP) is 3.91. The van der Waals surface area contributed by atoms with Gasteiger partial charge in [-0.3, -0.25) is 4.79 Å². The fourth-order valence-corrected chi connectivity index (χ4v) is 1.84. The van der Waals surface area contributed by atoms with Crippen molar-refractivity contribution in [3.05, 3.63) is 59.4 Å². The van der Waals surface area contributed by atoms with Crippen molar-refractivity contribution in [2.45, 2.75) is 19.8 Å². The van der Waals surface area contributed by atoms with E-state index >= 15 is 0 Å². The summed E-state index contributed by atoms with van der Waals surface area (Å²) in [5.41, 5.74) is 1.68. The van der Waals surface area contributed by atoms with Crippen molar-refractivity contribution in [3.8, 4) is 5.75 Å². The highest BCUT2D eigenvalue weighted by atomic mass is 19.1. The van der Waals surface area contributed by atoms with Gasteiger partial charge in [-0.25, -0.2) is 4.39 Å². The molecule has 1 amide bonds. The molecule has 0 aliphatic heterocycles. The van der Waals surface area contributed by atoms with Gasteiger partial charge < -0.3 is 10.4 Å². The minimum absolute atomic E-state index is 0.0852. The Balaban J connectivity index is 2.17. The number of carbonyl (C=O) groups excluding carboxylic acids is 1. The van der Waals surface area contributed by atoms with E-state index in [-0.39, 0.29) is 11.3 Å². The molecule has 0 heterocycles. The molecule has 0 bridgehead atoms. The Labute approximate surface area is 117 Å². The lowest BCUT2D eigenvalue weighted by atomic mass is 10.0. The highest BCUT2D eigenvalue weighted by Gasteiger charge is 2.12. The SMILES string of the molecule is CC(C)c1ccc(NC(=O)c2cc(F)ccc2O)cc1. The van der Waals surface area contributed by atoms with Crippen LogP contribution in [0.3, 0.4) is 0 Å². The van der Waals surface area contributed by atoms with Crippen molar-refractivity contribution in [1.29, 1.82) is 0 Å². The number of carbonyl (C=O) groups is 1. The molecule has 0 unspecified atom stereocenters. The molecule has 2 aromatic carbocycles. The molecule has 104 valence electrons. The fraction of sp³-hybridized carbons (Fsp3) is 0.188. The minimum atomic E-state index is -0.567. The van der Waals surface area contributed by atoms with Crippen LogP contribution in [0.1, 0.15) is 35.7 Å². The molecule has 20 heavy (non-hydrogen) atoms. The Morgan fingerprint density at radius 1 is 1.15 bits per heavy atom. The molecule has 4 heteroatoms. The second-order valence-corrected chi connectivity index (χ2v) is 4.89. The van der Waals surface area contributed by atoms with Crippen molar-refractivity contribution in [1.82, 2.24) is 0 Å². The van der Waals surface area contributed by atoms with Crippen molar-refractivity contribution in [2.24, 2.45) is 0 Å². The predicted molar refractivity (Wildman–Crippen MR) is 76.5 cm³/mol. The average molecular weight is 273 g/mol. The van der Waals surface area contributed by atoms with Gasteiger partial charge >= 0.3 is 0 Å². The lowest BCUT2D eigenvalue weighted by Gasteiger charge is -2.09. The van der Waals surface area contributed by atoms with Gasteiger partial charge in [-0.05, 0) is 41.8 Å². The van der Waals surface area contributed by atoms with E-state index in [1.54, 1.807) is 12.1 Å². The molecule has 3 nitrogen and oxygen atoms in total. The minimum Gasteiger partial charge on any atom is -0.507 e. The highest BCUT2D eigenvalue weighted by Crippen LogP contribution is 2.21. The van der Waals surface area contributed by atoms with E-state index in [9.17, 15) is 14.3 Å². The lowest BCUT2D eigenvalue weighted by molar-refractivity contribution is 0.102. The molecule has 0 aliphatic carbocycles. The third-order valence-corrected chi connectivity index (χ3v) is 3.04. The first-order valence-electron chi connectivity index (χ1n) is 6.37. The Morgan fingerprint density at radius 3 is 2.40 bits per heavy atom. The van der Waals surface area contributed by atoms with Crippen LogP contribution in [0.2, 0.25) is 0 Å². The van der Waals surface area contributed by atoms with E-state index < -0.39 is 11.7 Å². The van der Waals surface area contributed by atoms with E-state index in [1.165, 1.54) is 0 Å². The zero-order valence-electron chi connectivity index (χ0n) is 11.4. The Morgan fingerprint density at radius 2 is 1.80 bits per heavy atom. The van der Waals surface area contributed by atoms with Crippen molar-refractivity contribution < 1.29 is 14.3 Å². The second-order valence-electron chi connectivity index (χ2n) is 4.89. The maximum atomic E-state index is 13.1.